The van der Waals surface area contributed by atoms with E-state index in [4.69, 9.17) is 0 Å². The lowest BCUT2D eigenvalue weighted by Gasteiger charge is -2.03. The van der Waals surface area contributed by atoms with Gasteiger partial charge in [0.05, 0.1) is 5.56 Å². The number of nitrogens with zero attached hydrogens (tertiary/aromatic N) is 3. The Balaban J connectivity index is 1.57. The number of amides is 1. The summed E-state index contributed by atoms with van der Waals surface area (Å²) in [6.07, 6.45) is 3.36. The molecule has 4 rings (SSSR count). The average Bonchev–Trinajstić information content (AvgIpc) is 3.34. The van der Waals surface area contributed by atoms with Crippen LogP contribution in [0.15, 0.2) is 54.2 Å². The number of nitrogens with one attached hydrogen (secondary N) is 2. The van der Waals surface area contributed by atoms with Gasteiger partial charge in [-0.25, -0.2) is 9.37 Å². The first-order chi connectivity index (χ1) is 13.6. The molecule has 3 aromatic heterocycles. The predicted molar refractivity (Wildman–Crippen MR) is 105 cm³/mol. The minimum atomic E-state index is -0.306. The van der Waals surface area contributed by atoms with Gasteiger partial charge < -0.3 is 5.32 Å². The van der Waals surface area contributed by atoms with Crippen LogP contribution in [0.1, 0.15) is 21.7 Å². The Labute approximate surface area is 164 Å². The van der Waals surface area contributed by atoms with Gasteiger partial charge in [-0.2, -0.15) is 5.10 Å². The molecule has 2 N–H and O–H groups in total. The first-order valence-electron chi connectivity index (χ1n) is 8.55. The van der Waals surface area contributed by atoms with Crippen LogP contribution in [-0.4, -0.2) is 26.1 Å². The Bertz CT molecular complexity index is 1110. The number of benzene rings is 1. The zero-order chi connectivity index (χ0) is 19.5. The maximum absolute atomic E-state index is 13.2. The van der Waals surface area contributed by atoms with Crippen LogP contribution in [0.2, 0.25) is 0 Å². The number of carbonyl (C=O) groups is 1. The van der Waals surface area contributed by atoms with Gasteiger partial charge in [0.2, 0.25) is 0 Å². The number of hydrogen-bond donors (Lipinski definition) is 2. The monoisotopic (exact) mass is 393 g/mol. The molecule has 28 heavy (non-hydrogen) atoms. The number of aromatic amines is 1. The van der Waals surface area contributed by atoms with Crippen molar-refractivity contribution in [3.8, 4) is 21.8 Å². The van der Waals surface area contributed by atoms with Gasteiger partial charge in [0.25, 0.3) is 5.91 Å². The summed E-state index contributed by atoms with van der Waals surface area (Å²) >= 11 is 1.37. The van der Waals surface area contributed by atoms with E-state index in [0.717, 1.165) is 22.4 Å². The van der Waals surface area contributed by atoms with Gasteiger partial charge >= 0.3 is 0 Å². The van der Waals surface area contributed by atoms with Gasteiger partial charge in [0, 0.05) is 35.6 Å². The SMILES string of the molecule is Cc1[nH]nc(-c2ccc(F)cc2)c1-c1nc(C(=O)NCc2ccncc2)cs1. The smallest absolute Gasteiger partial charge is 0.271 e. The number of thiazole rings is 1. The predicted octanol–water partition coefficient (Wildman–Crippen LogP) is 3.97. The summed E-state index contributed by atoms with van der Waals surface area (Å²) in [6.45, 7) is 2.29. The number of rotatable bonds is 5. The first-order valence-corrected chi connectivity index (χ1v) is 9.43. The number of hydrogen-bond acceptors (Lipinski definition) is 5. The van der Waals surface area contributed by atoms with Crippen LogP contribution in [0.4, 0.5) is 4.39 Å². The highest BCUT2D eigenvalue weighted by molar-refractivity contribution is 7.13. The summed E-state index contributed by atoms with van der Waals surface area (Å²) in [5, 5.41) is 12.5. The van der Waals surface area contributed by atoms with Crippen molar-refractivity contribution in [1.29, 1.82) is 0 Å². The summed E-state index contributed by atoms with van der Waals surface area (Å²) in [6, 6.07) is 9.81. The molecule has 0 saturated heterocycles. The van der Waals surface area contributed by atoms with E-state index in [1.807, 2.05) is 19.1 Å². The highest BCUT2D eigenvalue weighted by atomic mass is 32.1. The Morgan fingerprint density at radius 3 is 2.68 bits per heavy atom. The number of pyridine rings is 1. The van der Waals surface area contributed by atoms with Crippen LogP contribution in [0, 0.1) is 12.7 Å². The molecular formula is C20H16FN5OS. The van der Waals surface area contributed by atoms with Crippen molar-refractivity contribution in [2.24, 2.45) is 0 Å². The molecule has 0 aliphatic heterocycles. The molecule has 0 unspecified atom stereocenters. The third-order valence-corrected chi connectivity index (χ3v) is 5.08. The Kier molecular flexibility index (Phi) is 4.94. The zero-order valence-electron chi connectivity index (χ0n) is 14.9. The van der Waals surface area contributed by atoms with E-state index in [1.165, 1.54) is 23.5 Å². The first kappa shape index (κ1) is 18.0. The summed E-state index contributed by atoms with van der Waals surface area (Å²) in [7, 11) is 0. The highest BCUT2D eigenvalue weighted by Crippen LogP contribution is 2.34. The fraction of sp³-hybridized carbons (Fsp3) is 0.100. The molecule has 0 saturated carbocycles. The lowest BCUT2D eigenvalue weighted by atomic mass is 10.1. The van der Waals surface area contributed by atoms with Gasteiger partial charge in [-0.15, -0.1) is 11.3 Å². The van der Waals surface area contributed by atoms with Crippen LogP contribution in [0.25, 0.3) is 21.8 Å². The van der Waals surface area contributed by atoms with E-state index in [1.54, 1.807) is 29.9 Å². The molecule has 8 heteroatoms. The number of carbonyl (C=O) groups excluding carboxylic acids is 1. The molecular weight excluding hydrogens is 377 g/mol. The van der Waals surface area contributed by atoms with Gasteiger partial charge in [0.1, 0.15) is 22.2 Å². The van der Waals surface area contributed by atoms with Crippen LogP contribution in [0.3, 0.4) is 0 Å². The Morgan fingerprint density at radius 1 is 1.18 bits per heavy atom. The quantitative estimate of drug-likeness (QED) is 0.537. The largest absolute Gasteiger partial charge is 0.347 e. The van der Waals surface area contributed by atoms with Gasteiger partial charge in [-0.05, 0) is 48.9 Å². The molecule has 0 aliphatic carbocycles. The average molecular weight is 393 g/mol. The maximum atomic E-state index is 13.2. The van der Waals surface area contributed by atoms with Gasteiger partial charge in [0.15, 0.2) is 0 Å². The molecule has 140 valence electrons. The molecule has 0 bridgehead atoms. The maximum Gasteiger partial charge on any atom is 0.271 e. The zero-order valence-corrected chi connectivity index (χ0v) is 15.8. The minimum Gasteiger partial charge on any atom is -0.347 e. The second-order valence-electron chi connectivity index (χ2n) is 6.16. The van der Waals surface area contributed by atoms with E-state index >= 15 is 0 Å². The minimum absolute atomic E-state index is 0.246. The molecule has 1 amide bonds. The number of H-pyrrole nitrogens is 1. The normalized spacial score (nSPS) is 10.8. The van der Waals surface area contributed by atoms with Crippen molar-refractivity contribution in [1.82, 2.24) is 25.5 Å². The third-order valence-electron chi connectivity index (χ3n) is 4.22. The second kappa shape index (κ2) is 7.69. The van der Waals surface area contributed by atoms with Crippen LogP contribution < -0.4 is 5.32 Å². The van der Waals surface area contributed by atoms with Crippen LogP contribution in [-0.2, 0) is 6.54 Å². The van der Waals surface area contributed by atoms with Crippen molar-refractivity contribution in [3.63, 3.8) is 0 Å². The van der Waals surface area contributed by atoms with Crippen molar-refractivity contribution < 1.29 is 9.18 Å². The lowest BCUT2D eigenvalue weighted by molar-refractivity contribution is 0.0946. The number of aromatic nitrogens is 4. The molecule has 3 heterocycles. The summed E-state index contributed by atoms with van der Waals surface area (Å²) < 4.78 is 13.2. The van der Waals surface area contributed by atoms with Crippen molar-refractivity contribution in [3.05, 3.63) is 76.9 Å². The summed E-state index contributed by atoms with van der Waals surface area (Å²) in [5.41, 5.74) is 4.40. The standard InChI is InChI=1S/C20H16FN5OS/c1-12-17(18(26-25-12)14-2-4-15(21)5-3-14)20-24-16(11-28-20)19(27)23-10-13-6-8-22-9-7-13/h2-9,11H,10H2,1H3,(H,23,27)(H,25,26). The highest BCUT2D eigenvalue weighted by Gasteiger charge is 2.19. The van der Waals surface area contributed by atoms with Crippen LogP contribution >= 0.6 is 11.3 Å². The van der Waals surface area contributed by atoms with E-state index in [2.05, 4.69) is 25.5 Å². The van der Waals surface area contributed by atoms with Crippen molar-refractivity contribution in [2.45, 2.75) is 13.5 Å². The van der Waals surface area contributed by atoms with Crippen LogP contribution in [0.5, 0.6) is 0 Å². The molecule has 0 atom stereocenters. The third kappa shape index (κ3) is 3.67. The van der Waals surface area contributed by atoms with Crippen molar-refractivity contribution >= 4 is 17.2 Å². The fourth-order valence-corrected chi connectivity index (χ4v) is 3.68. The van der Waals surface area contributed by atoms with E-state index in [0.29, 0.717) is 22.9 Å². The molecule has 0 radical (unpaired) electrons. The van der Waals surface area contributed by atoms with Gasteiger partial charge in [-0.3, -0.25) is 14.9 Å². The number of aryl methyl sites for hydroxylation is 1. The molecule has 0 fully saturated rings. The lowest BCUT2D eigenvalue weighted by Crippen LogP contribution is -2.23. The topological polar surface area (TPSA) is 83.6 Å². The van der Waals surface area contributed by atoms with Crippen molar-refractivity contribution in [2.75, 3.05) is 0 Å². The Hall–Kier alpha value is -3.39. The molecule has 0 aliphatic rings. The van der Waals surface area contributed by atoms with Gasteiger partial charge in [-0.1, -0.05) is 0 Å². The van der Waals surface area contributed by atoms with E-state index in [9.17, 15) is 9.18 Å². The fourth-order valence-electron chi connectivity index (χ4n) is 2.77. The van der Waals surface area contributed by atoms with E-state index < -0.39 is 0 Å². The summed E-state index contributed by atoms with van der Waals surface area (Å²) in [4.78, 5) is 20.9. The summed E-state index contributed by atoms with van der Waals surface area (Å²) in [5.74, 6) is -0.552. The molecule has 4 aromatic rings. The molecule has 1 aromatic carbocycles. The number of halogens is 1. The second-order valence-corrected chi connectivity index (χ2v) is 7.01. The Morgan fingerprint density at radius 2 is 1.93 bits per heavy atom. The van der Waals surface area contributed by atoms with E-state index in [-0.39, 0.29) is 11.7 Å². The molecule has 6 nitrogen and oxygen atoms in total. The molecule has 0 spiro atoms.